The largest absolute Gasteiger partial charge is 0.377 e. The lowest BCUT2D eigenvalue weighted by Crippen LogP contribution is -2.39. The Balaban J connectivity index is 3.19. The summed E-state index contributed by atoms with van der Waals surface area (Å²) in [4.78, 5) is 0. The molecule has 1 N–H and O–H groups in total. The molecular weight excluding hydrogens is 273 g/mol. The molecule has 0 bridgehead atoms. The molecule has 1 rings (SSSR count). The first-order valence-corrected chi connectivity index (χ1v) is 5.89. The van der Waals surface area contributed by atoms with Crippen LogP contribution in [0, 0.1) is 5.82 Å². The molecule has 0 aliphatic heterocycles. The van der Waals surface area contributed by atoms with Gasteiger partial charge in [-0.1, -0.05) is 12.1 Å². The SMILES string of the molecule is CNC(c1cccc(Br)c1F)C(C)(C)OC. The molecule has 90 valence electrons. The number of likely N-dealkylation sites (N-methyl/N-ethyl adjacent to an activating group) is 1. The van der Waals surface area contributed by atoms with E-state index in [1.54, 1.807) is 26.3 Å². The predicted octanol–water partition coefficient (Wildman–Crippen LogP) is 3.27. The van der Waals surface area contributed by atoms with E-state index in [9.17, 15) is 4.39 Å². The number of hydrogen-bond donors (Lipinski definition) is 1. The molecule has 2 nitrogen and oxygen atoms in total. The Morgan fingerprint density at radius 1 is 1.44 bits per heavy atom. The summed E-state index contributed by atoms with van der Waals surface area (Å²) >= 11 is 3.19. The summed E-state index contributed by atoms with van der Waals surface area (Å²) in [7, 11) is 3.42. The summed E-state index contributed by atoms with van der Waals surface area (Å²) in [5, 5.41) is 3.09. The number of nitrogens with one attached hydrogen (secondary N) is 1. The Kier molecular flexibility index (Phi) is 4.47. The van der Waals surface area contributed by atoms with Crippen LogP contribution in [0.25, 0.3) is 0 Å². The minimum atomic E-state index is -0.476. The average molecular weight is 290 g/mol. The van der Waals surface area contributed by atoms with Crippen LogP contribution in [0.1, 0.15) is 25.5 Å². The van der Waals surface area contributed by atoms with E-state index in [1.165, 1.54) is 0 Å². The van der Waals surface area contributed by atoms with Crippen molar-refractivity contribution in [2.45, 2.75) is 25.5 Å². The van der Waals surface area contributed by atoms with E-state index in [1.807, 2.05) is 19.9 Å². The lowest BCUT2D eigenvalue weighted by molar-refractivity contribution is -0.00994. The van der Waals surface area contributed by atoms with Crippen LogP contribution in [0.3, 0.4) is 0 Å². The van der Waals surface area contributed by atoms with Gasteiger partial charge in [-0.15, -0.1) is 0 Å². The molecule has 0 amide bonds. The molecule has 0 aliphatic carbocycles. The standard InChI is InChI=1S/C12H17BrFNO/c1-12(2,16-4)11(15-3)8-6-5-7-9(13)10(8)14/h5-7,11,15H,1-4H3. The minimum Gasteiger partial charge on any atom is -0.377 e. The molecule has 1 aromatic carbocycles. The topological polar surface area (TPSA) is 21.3 Å². The third kappa shape index (κ3) is 2.62. The van der Waals surface area contributed by atoms with E-state index in [0.29, 0.717) is 10.0 Å². The van der Waals surface area contributed by atoms with Gasteiger partial charge in [0.1, 0.15) is 5.82 Å². The highest BCUT2D eigenvalue weighted by Gasteiger charge is 2.31. The monoisotopic (exact) mass is 289 g/mol. The summed E-state index contributed by atoms with van der Waals surface area (Å²) in [6.45, 7) is 3.85. The minimum absolute atomic E-state index is 0.199. The highest BCUT2D eigenvalue weighted by Crippen LogP contribution is 2.32. The van der Waals surface area contributed by atoms with Crippen LogP contribution < -0.4 is 5.32 Å². The maximum Gasteiger partial charge on any atom is 0.142 e. The van der Waals surface area contributed by atoms with Crippen molar-refractivity contribution in [1.82, 2.24) is 5.32 Å². The smallest absolute Gasteiger partial charge is 0.142 e. The summed E-state index contributed by atoms with van der Waals surface area (Å²) in [5.41, 5.74) is 0.125. The van der Waals surface area contributed by atoms with Gasteiger partial charge < -0.3 is 10.1 Å². The molecule has 16 heavy (non-hydrogen) atoms. The van der Waals surface area contributed by atoms with E-state index < -0.39 is 5.60 Å². The Morgan fingerprint density at radius 3 is 2.56 bits per heavy atom. The summed E-state index contributed by atoms with van der Waals surface area (Å²) < 4.78 is 19.8. The van der Waals surface area contributed by atoms with Crippen LogP contribution in [-0.2, 0) is 4.74 Å². The predicted molar refractivity (Wildman–Crippen MR) is 67.0 cm³/mol. The molecule has 0 saturated heterocycles. The van der Waals surface area contributed by atoms with Gasteiger partial charge in [-0.2, -0.15) is 0 Å². The first-order chi connectivity index (χ1) is 7.44. The number of ether oxygens (including phenoxy) is 1. The molecule has 1 unspecified atom stereocenters. The first-order valence-electron chi connectivity index (χ1n) is 5.10. The van der Waals surface area contributed by atoms with Gasteiger partial charge in [0.05, 0.1) is 16.1 Å². The number of methoxy groups -OCH3 is 1. The van der Waals surface area contributed by atoms with Crippen LogP contribution in [0.2, 0.25) is 0 Å². The lowest BCUT2D eigenvalue weighted by atomic mass is 9.91. The van der Waals surface area contributed by atoms with Gasteiger partial charge in [0.25, 0.3) is 0 Å². The Bertz CT molecular complexity index is 368. The molecule has 0 aromatic heterocycles. The van der Waals surface area contributed by atoms with Crippen LogP contribution in [0.5, 0.6) is 0 Å². The van der Waals surface area contributed by atoms with Gasteiger partial charge in [-0.25, -0.2) is 4.39 Å². The molecule has 4 heteroatoms. The quantitative estimate of drug-likeness (QED) is 0.919. The number of halogens is 2. The summed E-state index contributed by atoms with van der Waals surface area (Å²) in [5.74, 6) is -0.244. The average Bonchev–Trinajstić information content (AvgIpc) is 2.25. The maximum absolute atomic E-state index is 14.0. The first kappa shape index (κ1) is 13.6. The normalized spacial score (nSPS) is 13.9. The Morgan fingerprint density at radius 2 is 2.06 bits per heavy atom. The molecular formula is C12H17BrFNO. The zero-order valence-electron chi connectivity index (χ0n) is 9.97. The van der Waals surface area contributed by atoms with E-state index in [0.717, 1.165) is 0 Å². The molecule has 0 radical (unpaired) electrons. The fourth-order valence-electron chi connectivity index (χ4n) is 1.74. The zero-order valence-corrected chi connectivity index (χ0v) is 11.6. The second-order valence-electron chi connectivity index (χ2n) is 4.17. The molecule has 0 fully saturated rings. The molecule has 0 spiro atoms. The van der Waals surface area contributed by atoms with Crippen molar-refractivity contribution in [2.75, 3.05) is 14.2 Å². The van der Waals surface area contributed by atoms with E-state index in [4.69, 9.17) is 4.74 Å². The Labute approximate surface area is 104 Å². The third-order valence-electron chi connectivity index (χ3n) is 2.80. The fraction of sp³-hybridized carbons (Fsp3) is 0.500. The molecule has 1 atom stereocenters. The number of hydrogen-bond acceptors (Lipinski definition) is 2. The van der Waals surface area contributed by atoms with Crippen molar-refractivity contribution in [1.29, 1.82) is 0 Å². The van der Waals surface area contributed by atoms with Crippen molar-refractivity contribution in [2.24, 2.45) is 0 Å². The van der Waals surface area contributed by atoms with E-state index in [-0.39, 0.29) is 11.9 Å². The highest BCUT2D eigenvalue weighted by molar-refractivity contribution is 9.10. The van der Waals surface area contributed by atoms with Gasteiger partial charge in [0.15, 0.2) is 0 Å². The second kappa shape index (κ2) is 5.25. The van der Waals surface area contributed by atoms with Crippen LogP contribution in [0.15, 0.2) is 22.7 Å². The van der Waals surface area contributed by atoms with Crippen LogP contribution in [0.4, 0.5) is 4.39 Å². The van der Waals surface area contributed by atoms with Crippen molar-refractivity contribution < 1.29 is 9.13 Å². The van der Waals surface area contributed by atoms with Gasteiger partial charge in [-0.3, -0.25) is 0 Å². The Hall–Kier alpha value is -0.450. The molecule has 0 saturated carbocycles. The molecule has 1 aromatic rings. The van der Waals surface area contributed by atoms with Gasteiger partial charge in [-0.05, 0) is 42.9 Å². The van der Waals surface area contributed by atoms with Gasteiger partial charge in [0.2, 0.25) is 0 Å². The third-order valence-corrected chi connectivity index (χ3v) is 3.41. The maximum atomic E-state index is 14.0. The van der Waals surface area contributed by atoms with Crippen LogP contribution >= 0.6 is 15.9 Å². The van der Waals surface area contributed by atoms with Crippen molar-refractivity contribution in [3.05, 3.63) is 34.1 Å². The second-order valence-corrected chi connectivity index (χ2v) is 5.03. The summed E-state index contributed by atoms with van der Waals surface area (Å²) in [6.07, 6.45) is 0. The summed E-state index contributed by atoms with van der Waals surface area (Å²) in [6, 6.07) is 5.07. The van der Waals surface area contributed by atoms with E-state index in [2.05, 4.69) is 21.2 Å². The van der Waals surface area contributed by atoms with Crippen LogP contribution in [-0.4, -0.2) is 19.8 Å². The zero-order chi connectivity index (χ0) is 12.3. The molecule has 0 heterocycles. The number of benzene rings is 1. The lowest BCUT2D eigenvalue weighted by Gasteiger charge is -2.33. The van der Waals surface area contributed by atoms with Crippen molar-refractivity contribution >= 4 is 15.9 Å². The van der Waals surface area contributed by atoms with Crippen molar-refractivity contribution in [3.8, 4) is 0 Å². The van der Waals surface area contributed by atoms with E-state index >= 15 is 0 Å². The fourth-order valence-corrected chi connectivity index (χ4v) is 2.12. The van der Waals surface area contributed by atoms with Crippen molar-refractivity contribution in [3.63, 3.8) is 0 Å². The highest BCUT2D eigenvalue weighted by atomic mass is 79.9. The number of rotatable bonds is 4. The molecule has 0 aliphatic rings. The van der Waals surface area contributed by atoms with Gasteiger partial charge in [0, 0.05) is 12.7 Å². The van der Waals surface area contributed by atoms with Gasteiger partial charge >= 0.3 is 0 Å².